The lowest BCUT2D eigenvalue weighted by atomic mass is 10.1. The maximum Gasteiger partial charge on any atom is 0.263 e. The van der Waals surface area contributed by atoms with Crippen molar-refractivity contribution >= 4 is 17.5 Å². The second kappa shape index (κ2) is 6.02. The number of benzene rings is 2. The fourth-order valence-corrected chi connectivity index (χ4v) is 2.63. The molecule has 1 aliphatic heterocycles. The molecule has 0 radical (unpaired) electrons. The monoisotopic (exact) mass is 294 g/mol. The third kappa shape index (κ3) is 2.60. The van der Waals surface area contributed by atoms with Crippen LogP contribution in [-0.2, 0) is 6.42 Å². The number of hydrogen-bond donors (Lipinski definition) is 1. The van der Waals surface area contributed by atoms with Crippen LogP contribution in [-0.4, -0.2) is 23.4 Å². The van der Waals surface area contributed by atoms with Crippen molar-refractivity contribution in [3.8, 4) is 0 Å². The van der Waals surface area contributed by atoms with Crippen molar-refractivity contribution in [2.45, 2.75) is 19.8 Å². The fraction of sp³-hybridized carbons (Fsp3) is 0.222. The number of rotatable bonds is 5. The van der Waals surface area contributed by atoms with Crippen LogP contribution in [0, 0.1) is 0 Å². The van der Waals surface area contributed by atoms with Gasteiger partial charge in [-0.2, -0.15) is 0 Å². The molecule has 0 unspecified atom stereocenters. The van der Waals surface area contributed by atoms with Crippen molar-refractivity contribution < 1.29 is 9.59 Å². The summed E-state index contributed by atoms with van der Waals surface area (Å²) in [5.41, 5.74) is 3.14. The Balaban J connectivity index is 1.67. The van der Waals surface area contributed by atoms with E-state index in [1.54, 1.807) is 24.3 Å². The fourth-order valence-electron chi connectivity index (χ4n) is 2.63. The quantitative estimate of drug-likeness (QED) is 0.861. The third-order valence-corrected chi connectivity index (χ3v) is 3.81. The van der Waals surface area contributed by atoms with E-state index in [-0.39, 0.29) is 18.5 Å². The smallest absolute Gasteiger partial charge is 0.263 e. The second-order valence-electron chi connectivity index (χ2n) is 5.37. The minimum atomic E-state index is -0.240. The number of amides is 2. The van der Waals surface area contributed by atoms with Crippen LogP contribution in [0.4, 0.5) is 5.69 Å². The van der Waals surface area contributed by atoms with Gasteiger partial charge >= 0.3 is 0 Å². The molecule has 0 spiro atoms. The van der Waals surface area contributed by atoms with Crippen LogP contribution >= 0.6 is 0 Å². The minimum Gasteiger partial charge on any atom is -0.367 e. The molecular weight excluding hydrogens is 276 g/mol. The van der Waals surface area contributed by atoms with E-state index in [0.717, 1.165) is 18.5 Å². The van der Waals surface area contributed by atoms with Crippen molar-refractivity contribution in [2.75, 3.05) is 12.0 Å². The zero-order chi connectivity index (χ0) is 15.5. The lowest BCUT2D eigenvalue weighted by Gasteiger charge is -2.15. The van der Waals surface area contributed by atoms with E-state index in [1.807, 2.05) is 12.1 Å². The Kier molecular flexibility index (Phi) is 3.92. The van der Waals surface area contributed by atoms with Gasteiger partial charge in [0.2, 0.25) is 0 Å². The highest BCUT2D eigenvalue weighted by atomic mass is 16.2. The summed E-state index contributed by atoms with van der Waals surface area (Å²) < 4.78 is 0. The van der Waals surface area contributed by atoms with E-state index < -0.39 is 0 Å². The van der Waals surface area contributed by atoms with Crippen LogP contribution in [0.2, 0.25) is 0 Å². The average Bonchev–Trinajstić information content (AvgIpc) is 2.79. The van der Waals surface area contributed by atoms with Crippen LogP contribution in [0.3, 0.4) is 0 Å². The van der Waals surface area contributed by atoms with Gasteiger partial charge in [-0.25, -0.2) is 0 Å². The molecule has 4 heteroatoms. The maximum atomic E-state index is 12.2. The van der Waals surface area contributed by atoms with Gasteiger partial charge in [0.05, 0.1) is 17.8 Å². The lowest BCUT2D eigenvalue weighted by Crippen LogP contribution is -2.34. The molecule has 0 aromatic heterocycles. The molecule has 112 valence electrons. The number of aryl methyl sites for hydroxylation is 1. The zero-order valence-corrected chi connectivity index (χ0v) is 12.5. The standard InChI is InChI=1S/C18H18N2O2/c1-2-5-13-8-10-14(11-9-13)19-12-20-17(21)15-6-3-4-7-16(15)18(20)22/h3-4,6-11,19H,2,5,12H2,1H3. The molecule has 2 aromatic carbocycles. The molecule has 2 amide bonds. The van der Waals surface area contributed by atoms with Crippen LogP contribution in [0.1, 0.15) is 39.6 Å². The normalized spacial score (nSPS) is 13.4. The molecule has 1 heterocycles. The van der Waals surface area contributed by atoms with E-state index in [0.29, 0.717) is 11.1 Å². The molecule has 0 bridgehead atoms. The highest BCUT2D eigenvalue weighted by Crippen LogP contribution is 2.22. The van der Waals surface area contributed by atoms with Gasteiger partial charge in [0, 0.05) is 5.69 Å². The van der Waals surface area contributed by atoms with E-state index in [9.17, 15) is 9.59 Å². The number of nitrogens with zero attached hydrogens (tertiary/aromatic N) is 1. The Morgan fingerprint density at radius 2 is 1.50 bits per heavy atom. The second-order valence-corrected chi connectivity index (χ2v) is 5.37. The van der Waals surface area contributed by atoms with Crippen molar-refractivity contribution in [2.24, 2.45) is 0 Å². The highest BCUT2D eigenvalue weighted by molar-refractivity contribution is 6.21. The van der Waals surface area contributed by atoms with E-state index >= 15 is 0 Å². The first kappa shape index (κ1) is 14.3. The molecule has 3 rings (SSSR count). The first-order valence-corrected chi connectivity index (χ1v) is 7.48. The van der Waals surface area contributed by atoms with E-state index in [4.69, 9.17) is 0 Å². The predicted molar refractivity (Wildman–Crippen MR) is 85.9 cm³/mol. The SMILES string of the molecule is CCCc1ccc(NCN2C(=O)c3ccccc3C2=O)cc1. The summed E-state index contributed by atoms with van der Waals surface area (Å²) in [6, 6.07) is 15.0. The predicted octanol–water partition coefficient (Wildman–Crippen LogP) is 3.30. The summed E-state index contributed by atoms with van der Waals surface area (Å²) in [5.74, 6) is -0.480. The van der Waals surface area contributed by atoms with Crippen molar-refractivity contribution in [1.82, 2.24) is 4.90 Å². The van der Waals surface area contributed by atoms with Crippen molar-refractivity contribution in [3.63, 3.8) is 0 Å². The summed E-state index contributed by atoms with van der Waals surface area (Å²) in [6.07, 6.45) is 2.17. The average molecular weight is 294 g/mol. The van der Waals surface area contributed by atoms with Gasteiger partial charge in [0.1, 0.15) is 0 Å². The third-order valence-electron chi connectivity index (χ3n) is 3.81. The molecule has 1 aliphatic rings. The molecular formula is C18H18N2O2. The first-order chi connectivity index (χ1) is 10.7. The molecule has 0 atom stereocenters. The number of imide groups is 1. The van der Waals surface area contributed by atoms with Gasteiger partial charge in [0.15, 0.2) is 0 Å². The topological polar surface area (TPSA) is 49.4 Å². The Morgan fingerprint density at radius 1 is 0.909 bits per heavy atom. The number of fused-ring (bicyclic) bond motifs is 1. The minimum absolute atomic E-state index is 0.180. The summed E-state index contributed by atoms with van der Waals surface area (Å²) >= 11 is 0. The van der Waals surface area contributed by atoms with E-state index in [1.165, 1.54) is 10.5 Å². The number of hydrogen-bond acceptors (Lipinski definition) is 3. The van der Waals surface area contributed by atoms with Gasteiger partial charge in [-0.05, 0) is 36.2 Å². The number of carbonyl (C=O) groups excluding carboxylic acids is 2. The number of nitrogens with one attached hydrogen (secondary N) is 1. The Hall–Kier alpha value is -2.62. The van der Waals surface area contributed by atoms with Gasteiger partial charge < -0.3 is 5.32 Å². The number of anilines is 1. The molecule has 4 nitrogen and oxygen atoms in total. The molecule has 0 aliphatic carbocycles. The van der Waals surface area contributed by atoms with Crippen LogP contribution < -0.4 is 5.32 Å². The van der Waals surface area contributed by atoms with Gasteiger partial charge in [0.25, 0.3) is 11.8 Å². The Labute approximate surface area is 129 Å². The lowest BCUT2D eigenvalue weighted by molar-refractivity contribution is 0.0666. The van der Waals surface area contributed by atoms with Gasteiger partial charge in [-0.1, -0.05) is 37.6 Å². The Morgan fingerprint density at radius 3 is 2.05 bits per heavy atom. The largest absolute Gasteiger partial charge is 0.367 e. The van der Waals surface area contributed by atoms with E-state index in [2.05, 4.69) is 24.4 Å². The molecule has 1 N–H and O–H groups in total. The van der Waals surface area contributed by atoms with Gasteiger partial charge in [-0.15, -0.1) is 0 Å². The summed E-state index contributed by atoms with van der Waals surface area (Å²) in [5, 5.41) is 3.14. The van der Waals surface area contributed by atoms with Crippen LogP contribution in [0.25, 0.3) is 0 Å². The van der Waals surface area contributed by atoms with Crippen LogP contribution in [0.15, 0.2) is 48.5 Å². The molecule has 0 fully saturated rings. The highest BCUT2D eigenvalue weighted by Gasteiger charge is 2.34. The van der Waals surface area contributed by atoms with Gasteiger partial charge in [-0.3, -0.25) is 14.5 Å². The van der Waals surface area contributed by atoms with Crippen molar-refractivity contribution in [1.29, 1.82) is 0 Å². The number of carbonyl (C=O) groups is 2. The zero-order valence-electron chi connectivity index (χ0n) is 12.5. The van der Waals surface area contributed by atoms with Crippen LogP contribution in [0.5, 0.6) is 0 Å². The first-order valence-electron chi connectivity index (χ1n) is 7.48. The van der Waals surface area contributed by atoms with Crippen molar-refractivity contribution in [3.05, 3.63) is 65.2 Å². The summed E-state index contributed by atoms with van der Waals surface area (Å²) in [4.78, 5) is 25.7. The molecule has 0 saturated heterocycles. The molecule has 22 heavy (non-hydrogen) atoms. The maximum absolute atomic E-state index is 12.2. The molecule has 2 aromatic rings. The Bertz CT molecular complexity index is 672. The molecule has 0 saturated carbocycles. The summed E-state index contributed by atoms with van der Waals surface area (Å²) in [6.45, 7) is 2.33. The summed E-state index contributed by atoms with van der Waals surface area (Å²) in [7, 11) is 0.